The van der Waals surface area contributed by atoms with E-state index in [-0.39, 0.29) is 11.8 Å². The van der Waals surface area contributed by atoms with E-state index in [4.69, 9.17) is 0 Å². The first-order valence-electron chi connectivity index (χ1n) is 5.70. The van der Waals surface area contributed by atoms with Gasteiger partial charge >= 0.3 is 0 Å². The minimum absolute atomic E-state index is 0.00139. The van der Waals surface area contributed by atoms with Gasteiger partial charge in [0.05, 0.1) is 6.54 Å². The predicted molar refractivity (Wildman–Crippen MR) is 68.2 cm³/mol. The lowest BCUT2D eigenvalue weighted by Gasteiger charge is -2.20. The molecule has 0 fully saturated rings. The van der Waals surface area contributed by atoms with Crippen LogP contribution in [0.3, 0.4) is 0 Å². The first-order valence-corrected chi connectivity index (χ1v) is 5.70. The first-order chi connectivity index (χ1) is 8.13. The third-order valence-corrected chi connectivity index (χ3v) is 2.44. The average Bonchev–Trinajstić information content (AvgIpc) is 2.36. The SMILES string of the molecule is C=NCCN(CCC(=O)NC)CCC(=O)NC. The Hall–Kier alpha value is -1.43. The Balaban J connectivity index is 3.99. The number of rotatable bonds is 9. The van der Waals surface area contributed by atoms with Crippen LogP contribution in [0.5, 0.6) is 0 Å². The zero-order chi connectivity index (χ0) is 13.1. The Bertz CT molecular complexity index is 236. The highest BCUT2D eigenvalue weighted by Crippen LogP contribution is 1.95. The lowest BCUT2D eigenvalue weighted by atomic mass is 10.3. The van der Waals surface area contributed by atoms with Gasteiger partial charge in [-0.1, -0.05) is 0 Å². The van der Waals surface area contributed by atoms with Gasteiger partial charge in [-0.2, -0.15) is 0 Å². The minimum Gasteiger partial charge on any atom is -0.359 e. The molecular formula is C11H22N4O2. The number of nitrogens with zero attached hydrogens (tertiary/aromatic N) is 2. The molecule has 2 N–H and O–H groups in total. The molecule has 0 aliphatic carbocycles. The zero-order valence-electron chi connectivity index (χ0n) is 10.7. The number of nitrogens with one attached hydrogen (secondary N) is 2. The Labute approximate surface area is 102 Å². The molecule has 6 heteroatoms. The average molecular weight is 242 g/mol. The maximum Gasteiger partial charge on any atom is 0.221 e. The van der Waals surface area contributed by atoms with E-state index < -0.39 is 0 Å². The summed E-state index contributed by atoms with van der Waals surface area (Å²) in [6.07, 6.45) is 0.864. The van der Waals surface area contributed by atoms with Crippen molar-refractivity contribution in [2.45, 2.75) is 12.8 Å². The third kappa shape index (κ3) is 8.38. The van der Waals surface area contributed by atoms with E-state index >= 15 is 0 Å². The van der Waals surface area contributed by atoms with E-state index in [9.17, 15) is 9.59 Å². The summed E-state index contributed by atoms with van der Waals surface area (Å²) in [5.41, 5.74) is 0. The van der Waals surface area contributed by atoms with Crippen molar-refractivity contribution in [3.05, 3.63) is 0 Å². The Morgan fingerprint density at radius 1 is 1.06 bits per heavy atom. The topological polar surface area (TPSA) is 73.8 Å². The second-order valence-electron chi connectivity index (χ2n) is 3.64. The van der Waals surface area contributed by atoms with Gasteiger partial charge in [0.25, 0.3) is 0 Å². The van der Waals surface area contributed by atoms with Crippen molar-refractivity contribution in [3.63, 3.8) is 0 Å². The van der Waals surface area contributed by atoms with Crippen molar-refractivity contribution in [1.82, 2.24) is 15.5 Å². The normalized spacial score (nSPS) is 10.1. The van der Waals surface area contributed by atoms with Crippen LogP contribution in [0.2, 0.25) is 0 Å². The summed E-state index contributed by atoms with van der Waals surface area (Å²) in [7, 11) is 3.23. The summed E-state index contributed by atoms with van der Waals surface area (Å²) < 4.78 is 0. The van der Waals surface area contributed by atoms with Gasteiger partial charge in [-0.3, -0.25) is 14.6 Å². The van der Waals surface area contributed by atoms with E-state index in [0.717, 1.165) is 6.54 Å². The third-order valence-electron chi connectivity index (χ3n) is 2.44. The molecular weight excluding hydrogens is 220 g/mol. The molecule has 0 spiro atoms. The zero-order valence-corrected chi connectivity index (χ0v) is 10.7. The number of hydrogen-bond acceptors (Lipinski definition) is 4. The predicted octanol–water partition coefficient (Wildman–Crippen LogP) is -0.739. The highest BCUT2D eigenvalue weighted by atomic mass is 16.2. The van der Waals surface area contributed by atoms with Gasteiger partial charge in [-0.05, 0) is 6.72 Å². The van der Waals surface area contributed by atoms with Crippen molar-refractivity contribution >= 4 is 18.5 Å². The number of carbonyl (C=O) groups is 2. The molecule has 0 aliphatic heterocycles. The van der Waals surface area contributed by atoms with Crippen LogP contribution in [0.4, 0.5) is 0 Å². The molecule has 6 nitrogen and oxygen atoms in total. The fraction of sp³-hybridized carbons (Fsp3) is 0.727. The molecule has 0 saturated heterocycles. The largest absolute Gasteiger partial charge is 0.359 e. The molecule has 0 aliphatic rings. The smallest absolute Gasteiger partial charge is 0.221 e. The maximum absolute atomic E-state index is 11.1. The van der Waals surface area contributed by atoms with Gasteiger partial charge in [-0.15, -0.1) is 0 Å². The lowest BCUT2D eigenvalue weighted by molar-refractivity contribution is -0.120. The van der Waals surface area contributed by atoms with Gasteiger partial charge in [0, 0.05) is 46.6 Å². The summed E-state index contributed by atoms with van der Waals surface area (Å²) in [5.74, 6) is 0.00279. The molecule has 17 heavy (non-hydrogen) atoms. The van der Waals surface area contributed by atoms with Gasteiger partial charge in [-0.25, -0.2) is 0 Å². The van der Waals surface area contributed by atoms with Crippen LogP contribution in [0.1, 0.15) is 12.8 Å². The molecule has 0 bridgehead atoms. The van der Waals surface area contributed by atoms with Crippen molar-refractivity contribution in [1.29, 1.82) is 0 Å². The number of hydrogen-bond donors (Lipinski definition) is 2. The molecule has 0 saturated carbocycles. The highest BCUT2D eigenvalue weighted by Gasteiger charge is 2.08. The monoisotopic (exact) mass is 242 g/mol. The Morgan fingerprint density at radius 2 is 1.53 bits per heavy atom. The number of aliphatic imine (C=N–C) groups is 1. The molecule has 0 rings (SSSR count). The first kappa shape index (κ1) is 15.6. The summed E-state index contributed by atoms with van der Waals surface area (Å²) in [6.45, 7) is 6.01. The van der Waals surface area contributed by atoms with Gasteiger partial charge in [0.2, 0.25) is 11.8 Å². The lowest BCUT2D eigenvalue weighted by Crippen LogP contribution is -2.34. The van der Waals surface area contributed by atoms with E-state index in [1.54, 1.807) is 14.1 Å². The van der Waals surface area contributed by atoms with E-state index in [0.29, 0.717) is 32.5 Å². The molecule has 0 aromatic carbocycles. The van der Waals surface area contributed by atoms with Crippen LogP contribution >= 0.6 is 0 Å². The molecule has 0 aromatic heterocycles. The van der Waals surface area contributed by atoms with Crippen molar-refractivity contribution in [2.24, 2.45) is 4.99 Å². The van der Waals surface area contributed by atoms with Gasteiger partial charge in [0.15, 0.2) is 0 Å². The summed E-state index contributed by atoms with van der Waals surface area (Å²) in [4.78, 5) is 28.1. The fourth-order valence-electron chi connectivity index (χ4n) is 1.32. The van der Waals surface area contributed by atoms with Crippen LogP contribution in [0.15, 0.2) is 4.99 Å². The van der Waals surface area contributed by atoms with Gasteiger partial charge < -0.3 is 15.5 Å². The number of amides is 2. The summed E-state index contributed by atoms with van der Waals surface area (Å²) in [6, 6.07) is 0. The molecule has 0 unspecified atom stereocenters. The van der Waals surface area contributed by atoms with Gasteiger partial charge in [0.1, 0.15) is 0 Å². The van der Waals surface area contributed by atoms with Crippen molar-refractivity contribution in [3.8, 4) is 0 Å². The molecule has 0 atom stereocenters. The van der Waals surface area contributed by atoms with Crippen LogP contribution in [0, 0.1) is 0 Å². The summed E-state index contributed by atoms with van der Waals surface area (Å²) >= 11 is 0. The van der Waals surface area contributed by atoms with E-state index in [1.165, 1.54) is 0 Å². The van der Waals surface area contributed by atoms with Crippen LogP contribution in [-0.4, -0.2) is 63.7 Å². The molecule has 0 heterocycles. The Kier molecular flexibility index (Phi) is 8.95. The maximum atomic E-state index is 11.1. The van der Waals surface area contributed by atoms with Crippen molar-refractivity contribution in [2.75, 3.05) is 40.3 Å². The van der Waals surface area contributed by atoms with Crippen LogP contribution < -0.4 is 10.6 Å². The second-order valence-corrected chi connectivity index (χ2v) is 3.64. The van der Waals surface area contributed by atoms with Crippen LogP contribution in [-0.2, 0) is 9.59 Å². The number of carbonyl (C=O) groups excluding carboxylic acids is 2. The Morgan fingerprint density at radius 3 is 1.88 bits per heavy atom. The van der Waals surface area contributed by atoms with Crippen LogP contribution in [0.25, 0.3) is 0 Å². The second kappa shape index (κ2) is 9.77. The highest BCUT2D eigenvalue weighted by molar-refractivity contribution is 5.76. The molecule has 0 aromatic rings. The minimum atomic E-state index is 0.00139. The summed E-state index contributed by atoms with van der Waals surface area (Å²) in [5, 5.41) is 5.14. The standard InChI is InChI=1S/C11H22N4O2/c1-12-6-9-15(7-4-10(16)13-2)8-5-11(17)14-3/h1,4-9H2,2-3H3,(H,13,16)(H,14,17). The van der Waals surface area contributed by atoms with Crippen molar-refractivity contribution < 1.29 is 9.59 Å². The quantitative estimate of drug-likeness (QED) is 0.523. The fourth-order valence-corrected chi connectivity index (χ4v) is 1.32. The molecule has 98 valence electrons. The van der Waals surface area contributed by atoms with E-state index in [1.807, 2.05) is 4.90 Å². The molecule has 2 amide bonds. The van der Waals surface area contributed by atoms with E-state index in [2.05, 4.69) is 22.3 Å². The molecule has 0 radical (unpaired) electrons.